The fourth-order valence-corrected chi connectivity index (χ4v) is 0.983. The van der Waals surface area contributed by atoms with E-state index in [1.54, 1.807) is 0 Å². The number of benzene rings is 1. The summed E-state index contributed by atoms with van der Waals surface area (Å²) >= 11 is 0. The van der Waals surface area contributed by atoms with Crippen LogP contribution < -0.4 is 0 Å². The third-order valence-electron chi connectivity index (χ3n) is 1.72. The maximum atomic E-state index is 2.89. The van der Waals surface area contributed by atoms with Crippen molar-refractivity contribution in [3.63, 3.8) is 0 Å². The smallest absolute Gasteiger partial charge is 0.214 e. The minimum absolute atomic E-state index is 0. The van der Waals surface area contributed by atoms with E-state index in [2.05, 4.69) is 6.07 Å². The molecule has 0 N–H and O–H groups in total. The van der Waals surface area contributed by atoms with Gasteiger partial charge in [-0.3, -0.25) is 0 Å². The fourth-order valence-electron chi connectivity index (χ4n) is 0.983. The number of hydrogen-bond acceptors (Lipinski definition) is 0. The van der Waals surface area contributed by atoms with Gasteiger partial charge in [0.25, 0.3) is 0 Å². The first kappa shape index (κ1) is 15.8. The van der Waals surface area contributed by atoms with Crippen molar-refractivity contribution in [2.45, 2.75) is 0 Å². The average molecular weight is 299 g/mol. The molecule has 0 saturated heterocycles. The average Bonchev–Trinajstić information content (AvgIpc) is 3.10. The van der Waals surface area contributed by atoms with Crippen molar-refractivity contribution >= 4 is 0 Å². The molecule has 1 radical (unpaired) electrons. The predicted octanol–water partition coefficient (Wildman–Crippen LogP) is 4.30. The molecule has 0 aliphatic heterocycles. The first-order chi connectivity index (χ1) is 8.00. The summed E-state index contributed by atoms with van der Waals surface area (Å²) in [6.07, 6.45) is 0. The molecule has 3 aromatic rings. The Morgan fingerprint density at radius 1 is 0.529 bits per heavy atom. The summed E-state index contributed by atoms with van der Waals surface area (Å²) in [5, 5.41) is 0. The predicted molar refractivity (Wildman–Crippen MR) is 69.3 cm³/mol. The molecule has 0 saturated carbocycles. The summed E-state index contributed by atoms with van der Waals surface area (Å²) in [5.41, 5.74) is 0. The zero-order chi connectivity index (χ0) is 11.3. The van der Waals surface area contributed by atoms with Crippen LogP contribution in [0.25, 0.3) is 0 Å². The molecule has 3 rings (SSSR count). The van der Waals surface area contributed by atoms with Gasteiger partial charge < -0.3 is 0 Å². The van der Waals surface area contributed by atoms with Crippen LogP contribution in [0.5, 0.6) is 0 Å². The van der Waals surface area contributed by atoms with Crippen molar-refractivity contribution in [3.05, 3.63) is 97.1 Å². The van der Waals surface area contributed by atoms with Crippen LogP contribution in [0.15, 0.2) is 91.0 Å². The Morgan fingerprint density at radius 3 is 1.06 bits per heavy atom. The van der Waals surface area contributed by atoms with E-state index in [1.165, 1.54) is 0 Å². The van der Waals surface area contributed by atoms with Crippen molar-refractivity contribution in [1.29, 1.82) is 0 Å². The van der Waals surface area contributed by atoms with Crippen molar-refractivity contribution in [2.24, 2.45) is 0 Å². The van der Waals surface area contributed by atoms with E-state index < -0.39 is 0 Å². The Hall–Kier alpha value is -1.20. The van der Waals surface area contributed by atoms with Crippen LogP contribution in [0.4, 0.5) is 0 Å². The maximum Gasteiger partial charge on any atom is 3.00 e. The molecule has 0 aromatic heterocycles. The molecule has 83 valence electrons. The molecule has 0 amide bonds. The van der Waals surface area contributed by atoms with Crippen LogP contribution >= 0.6 is 0 Å². The molecule has 0 aliphatic carbocycles. The summed E-state index contributed by atoms with van der Waals surface area (Å²) in [6.45, 7) is 0. The fraction of sp³-hybridized carbons (Fsp3) is 0. The summed E-state index contributed by atoms with van der Waals surface area (Å²) < 4.78 is 0. The molecule has 0 heterocycles. The molecular formula is C16H15Zr. The van der Waals surface area contributed by atoms with E-state index in [1.807, 2.05) is 91.0 Å². The summed E-state index contributed by atoms with van der Waals surface area (Å²) in [5.74, 6) is 0. The zero-order valence-corrected chi connectivity index (χ0v) is 12.1. The van der Waals surface area contributed by atoms with Gasteiger partial charge in [0.15, 0.2) is 0 Å². The molecule has 0 bridgehead atoms. The standard InChI is InChI=1S/C6H5.2C5H5.Zr/c1-2-4-6-5-3-1;2*1-2-4-5-3-1;/h1-5H;2*1-5H;/q3*-1;+3. The van der Waals surface area contributed by atoms with E-state index in [4.69, 9.17) is 0 Å². The summed E-state index contributed by atoms with van der Waals surface area (Å²) in [6, 6.07) is 32.5. The zero-order valence-electron chi connectivity index (χ0n) is 9.66. The topological polar surface area (TPSA) is 0 Å². The molecule has 3 aromatic carbocycles. The Kier molecular flexibility index (Phi) is 12.0. The van der Waals surface area contributed by atoms with Crippen LogP contribution in [-0.4, -0.2) is 0 Å². The second-order valence-corrected chi connectivity index (χ2v) is 3.00. The van der Waals surface area contributed by atoms with Gasteiger partial charge in [0.1, 0.15) is 0 Å². The van der Waals surface area contributed by atoms with Crippen LogP contribution in [-0.2, 0) is 26.2 Å². The van der Waals surface area contributed by atoms with Gasteiger partial charge in [-0.05, 0) is 0 Å². The molecular weight excluding hydrogens is 283 g/mol. The van der Waals surface area contributed by atoms with E-state index in [0.29, 0.717) is 0 Å². The van der Waals surface area contributed by atoms with E-state index in [9.17, 15) is 0 Å². The van der Waals surface area contributed by atoms with Gasteiger partial charge in [-0.1, -0.05) is 0 Å². The Bertz CT molecular complexity index is 297. The number of hydrogen-bond donors (Lipinski definition) is 0. The van der Waals surface area contributed by atoms with Crippen LogP contribution in [0.2, 0.25) is 0 Å². The first-order valence-electron chi connectivity index (χ1n) is 5.24. The molecule has 17 heavy (non-hydrogen) atoms. The third kappa shape index (κ3) is 11.1. The van der Waals surface area contributed by atoms with Crippen LogP contribution in [0.3, 0.4) is 0 Å². The van der Waals surface area contributed by atoms with Crippen molar-refractivity contribution < 1.29 is 26.2 Å². The number of rotatable bonds is 0. The Balaban J connectivity index is 0.000000221. The van der Waals surface area contributed by atoms with E-state index in [0.717, 1.165) is 0 Å². The normalized spacial score (nSPS) is 7.53. The van der Waals surface area contributed by atoms with E-state index in [-0.39, 0.29) is 26.2 Å². The minimum atomic E-state index is 0. The molecule has 0 nitrogen and oxygen atoms in total. The monoisotopic (exact) mass is 297 g/mol. The van der Waals surface area contributed by atoms with Gasteiger partial charge in [-0.15, -0.1) is 0 Å². The third-order valence-corrected chi connectivity index (χ3v) is 1.72. The van der Waals surface area contributed by atoms with Gasteiger partial charge in [0.2, 0.25) is 0 Å². The van der Waals surface area contributed by atoms with Crippen molar-refractivity contribution in [1.82, 2.24) is 0 Å². The van der Waals surface area contributed by atoms with Crippen LogP contribution in [0.1, 0.15) is 0 Å². The van der Waals surface area contributed by atoms with Gasteiger partial charge >= 0.3 is 26.2 Å². The SMILES string of the molecule is [Zr+3].[c-]1ccccc1.c1cc[cH-]c1.c1cc[cH-]c1. The molecule has 0 atom stereocenters. The van der Waals surface area contributed by atoms with Crippen LogP contribution in [0, 0.1) is 6.07 Å². The van der Waals surface area contributed by atoms with Gasteiger partial charge in [0, 0.05) is 0 Å². The summed E-state index contributed by atoms with van der Waals surface area (Å²) in [7, 11) is 0. The van der Waals surface area contributed by atoms with Gasteiger partial charge in [-0.25, -0.2) is 24.3 Å². The maximum absolute atomic E-state index is 2.89. The minimum Gasteiger partial charge on any atom is -0.214 e. The molecule has 0 fully saturated rings. The molecule has 0 spiro atoms. The van der Waals surface area contributed by atoms with Crippen molar-refractivity contribution in [2.75, 3.05) is 0 Å². The largest absolute Gasteiger partial charge is 3.00 e. The van der Waals surface area contributed by atoms with E-state index >= 15 is 0 Å². The Morgan fingerprint density at radius 2 is 0.941 bits per heavy atom. The molecule has 0 unspecified atom stereocenters. The molecule has 0 aliphatic rings. The first-order valence-corrected chi connectivity index (χ1v) is 5.24. The second kappa shape index (κ2) is 12.9. The van der Waals surface area contributed by atoms with Gasteiger partial charge in [0.05, 0.1) is 0 Å². The molecule has 1 heteroatoms. The summed E-state index contributed by atoms with van der Waals surface area (Å²) in [4.78, 5) is 0. The second-order valence-electron chi connectivity index (χ2n) is 3.00. The quantitative estimate of drug-likeness (QED) is 0.543. The van der Waals surface area contributed by atoms with Gasteiger partial charge in [-0.2, -0.15) is 72.8 Å². The Labute approximate surface area is 123 Å². The van der Waals surface area contributed by atoms with Crippen molar-refractivity contribution in [3.8, 4) is 0 Å².